The van der Waals surface area contributed by atoms with Crippen molar-refractivity contribution in [2.45, 2.75) is 18.6 Å². The van der Waals surface area contributed by atoms with Crippen LogP contribution in [0.15, 0.2) is 24.3 Å². The van der Waals surface area contributed by atoms with Gasteiger partial charge < -0.3 is 10.4 Å². The molecule has 7 heteroatoms. The average molecular weight is 251 g/mol. The number of anilines is 1. The molecule has 0 aromatic heterocycles. The van der Waals surface area contributed by atoms with E-state index in [1.807, 2.05) is 5.32 Å². The summed E-state index contributed by atoms with van der Waals surface area (Å²) in [6.45, 7) is 0.499. The minimum Gasteiger partial charge on any atom is -0.479 e. The summed E-state index contributed by atoms with van der Waals surface area (Å²) < 4.78 is 50.4. The van der Waals surface area contributed by atoms with Gasteiger partial charge in [-0.1, -0.05) is 0 Å². The van der Waals surface area contributed by atoms with Crippen molar-refractivity contribution >= 4 is 11.7 Å². The molecule has 1 rings (SSSR count). The molecule has 0 saturated carbocycles. The van der Waals surface area contributed by atoms with Gasteiger partial charge in [-0.05, 0) is 31.2 Å². The van der Waals surface area contributed by atoms with Gasteiger partial charge >= 0.3 is 12.1 Å². The Kier molecular flexibility index (Phi) is 3.30. The van der Waals surface area contributed by atoms with E-state index < -0.39 is 23.5 Å². The van der Waals surface area contributed by atoms with Crippen LogP contribution in [0.1, 0.15) is 6.92 Å². The minimum absolute atomic E-state index is 0.131. The Hall–Kier alpha value is -1.79. The lowest BCUT2D eigenvalue weighted by molar-refractivity contribution is -0.192. The molecule has 0 aliphatic heterocycles. The number of carboxylic acids is 1. The molecule has 1 aromatic rings. The molecule has 0 aliphatic rings. The lowest BCUT2D eigenvalue weighted by atomic mass is 10.0. The number of rotatable bonds is 3. The Bertz CT molecular complexity index is 415. The first-order chi connectivity index (χ1) is 7.67. The summed E-state index contributed by atoms with van der Waals surface area (Å²) in [5.74, 6) is -2.69. The van der Waals surface area contributed by atoms with Crippen LogP contribution in [0.4, 0.5) is 23.2 Å². The zero-order valence-electron chi connectivity index (χ0n) is 8.68. The second-order valence-electron chi connectivity index (χ2n) is 3.56. The van der Waals surface area contributed by atoms with Crippen molar-refractivity contribution in [2.75, 3.05) is 5.32 Å². The quantitative estimate of drug-likeness (QED) is 0.812. The van der Waals surface area contributed by atoms with Crippen LogP contribution >= 0.6 is 0 Å². The van der Waals surface area contributed by atoms with Crippen molar-refractivity contribution in [3.05, 3.63) is 30.1 Å². The van der Waals surface area contributed by atoms with Gasteiger partial charge in [0.25, 0.3) is 0 Å². The fraction of sp³-hybridized carbons (Fsp3) is 0.300. The fourth-order valence-electron chi connectivity index (χ4n) is 1.07. The molecular formula is C10H9F4NO2. The molecule has 1 aromatic carbocycles. The van der Waals surface area contributed by atoms with Crippen LogP contribution in [0.5, 0.6) is 0 Å². The lowest BCUT2D eigenvalue weighted by Crippen LogP contribution is -2.55. The maximum Gasteiger partial charge on any atom is 0.422 e. The van der Waals surface area contributed by atoms with Crippen molar-refractivity contribution in [1.82, 2.24) is 0 Å². The van der Waals surface area contributed by atoms with Gasteiger partial charge in [0, 0.05) is 5.69 Å². The van der Waals surface area contributed by atoms with Crippen LogP contribution in [-0.2, 0) is 4.79 Å². The molecule has 0 amide bonds. The Labute approximate surface area is 94.1 Å². The van der Waals surface area contributed by atoms with Gasteiger partial charge in [-0.2, -0.15) is 13.2 Å². The van der Waals surface area contributed by atoms with E-state index in [1.54, 1.807) is 0 Å². The second-order valence-corrected chi connectivity index (χ2v) is 3.56. The lowest BCUT2D eigenvalue weighted by Gasteiger charge is -2.29. The molecule has 0 heterocycles. The van der Waals surface area contributed by atoms with Crippen LogP contribution in [0.2, 0.25) is 0 Å². The number of benzene rings is 1. The summed E-state index contributed by atoms with van der Waals surface area (Å²) >= 11 is 0. The molecule has 0 aliphatic carbocycles. The Morgan fingerprint density at radius 2 is 1.71 bits per heavy atom. The van der Waals surface area contributed by atoms with Gasteiger partial charge in [0.2, 0.25) is 5.54 Å². The highest BCUT2D eigenvalue weighted by Crippen LogP contribution is 2.33. The molecule has 0 spiro atoms. The Balaban J connectivity index is 3.04. The smallest absolute Gasteiger partial charge is 0.422 e. The number of aliphatic carboxylic acids is 1. The van der Waals surface area contributed by atoms with E-state index >= 15 is 0 Å². The molecule has 94 valence electrons. The van der Waals surface area contributed by atoms with Crippen molar-refractivity contribution in [3.8, 4) is 0 Å². The third kappa shape index (κ3) is 2.66. The summed E-state index contributed by atoms with van der Waals surface area (Å²) in [7, 11) is 0. The fourth-order valence-corrected chi connectivity index (χ4v) is 1.07. The van der Waals surface area contributed by atoms with E-state index in [9.17, 15) is 22.4 Å². The normalized spacial score (nSPS) is 15.1. The highest BCUT2D eigenvalue weighted by atomic mass is 19.4. The molecule has 2 N–H and O–H groups in total. The van der Waals surface area contributed by atoms with Crippen LogP contribution in [-0.4, -0.2) is 22.8 Å². The largest absolute Gasteiger partial charge is 0.479 e. The number of carbonyl (C=O) groups is 1. The number of carboxylic acid groups (broad SMARTS) is 1. The maximum absolute atomic E-state index is 12.6. The van der Waals surface area contributed by atoms with E-state index in [0.29, 0.717) is 6.92 Å². The van der Waals surface area contributed by atoms with E-state index in [2.05, 4.69) is 0 Å². The minimum atomic E-state index is -4.98. The number of nitrogens with one attached hydrogen (secondary N) is 1. The predicted octanol–water partition coefficient (Wildman–Crippen LogP) is 2.64. The number of hydrogen-bond acceptors (Lipinski definition) is 2. The molecular weight excluding hydrogens is 242 g/mol. The summed E-state index contributed by atoms with van der Waals surface area (Å²) in [4.78, 5) is 10.7. The van der Waals surface area contributed by atoms with E-state index in [4.69, 9.17) is 5.11 Å². The van der Waals surface area contributed by atoms with Gasteiger partial charge in [-0.3, -0.25) is 0 Å². The van der Waals surface area contributed by atoms with Crippen molar-refractivity contribution in [3.63, 3.8) is 0 Å². The van der Waals surface area contributed by atoms with Gasteiger partial charge in [0.1, 0.15) is 5.82 Å². The molecule has 0 saturated heterocycles. The Morgan fingerprint density at radius 1 is 1.24 bits per heavy atom. The summed E-state index contributed by atoms with van der Waals surface area (Å²) in [5, 5.41) is 10.5. The number of halogens is 4. The zero-order valence-corrected chi connectivity index (χ0v) is 8.68. The predicted molar refractivity (Wildman–Crippen MR) is 52.1 cm³/mol. The zero-order chi connectivity index (χ0) is 13.3. The second kappa shape index (κ2) is 4.23. The first-order valence-corrected chi connectivity index (χ1v) is 4.51. The molecule has 1 unspecified atom stereocenters. The highest BCUT2D eigenvalue weighted by molar-refractivity contribution is 5.83. The number of alkyl halides is 3. The highest BCUT2D eigenvalue weighted by Gasteiger charge is 2.57. The van der Waals surface area contributed by atoms with Gasteiger partial charge in [-0.25, -0.2) is 9.18 Å². The van der Waals surface area contributed by atoms with Gasteiger partial charge in [0.05, 0.1) is 0 Å². The van der Waals surface area contributed by atoms with Crippen molar-refractivity contribution in [1.29, 1.82) is 0 Å². The monoisotopic (exact) mass is 251 g/mol. The van der Waals surface area contributed by atoms with E-state index in [-0.39, 0.29) is 5.69 Å². The van der Waals surface area contributed by atoms with Crippen LogP contribution < -0.4 is 5.32 Å². The topological polar surface area (TPSA) is 49.3 Å². The first-order valence-electron chi connectivity index (χ1n) is 4.51. The van der Waals surface area contributed by atoms with Gasteiger partial charge in [-0.15, -0.1) is 0 Å². The first kappa shape index (κ1) is 13.3. The average Bonchev–Trinajstić information content (AvgIpc) is 2.19. The van der Waals surface area contributed by atoms with E-state index in [0.717, 1.165) is 24.3 Å². The molecule has 1 atom stereocenters. The molecule has 0 fully saturated rings. The summed E-state index contributed by atoms with van der Waals surface area (Å²) in [5.41, 5.74) is -3.25. The standard InChI is InChI=1S/C10H9F4NO2/c1-9(8(16)17,10(12,13)14)15-7-4-2-6(11)3-5-7/h2-5,15H,1H3,(H,16,17). The SMILES string of the molecule is CC(Nc1ccc(F)cc1)(C(=O)O)C(F)(F)F. The van der Waals surface area contributed by atoms with Gasteiger partial charge in [0.15, 0.2) is 0 Å². The molecule has 0 bridgehead atoms. The molecule has 0 radical (unpaired) electrons. The van der Waals surface area contributed by atoms with Crippen molar-refractivity contribution < 1.29 is 27.5 Å². The van der Waals surface area contributed by atoms with Crippen LogP contribution in [0.25, 0.3) is 0 Å². The summed E-state index contributed by atoms with van der Waals surface area (Å²) in [6, 6.07) is 3.92. The third-order valence-electron chi connectivity index (χ3n) is 2.23. The van der Waals surface area contributed by atoms with Crippen molar-refractivity contribution in [2.24, 2.45) is 0 Å². The Morgan fingerprint density at radius 3 is 2.06 bits per heavy atom. The number of hydrogen-bond donors (Lipinski definition) is 2. The third-order valence-corrected chi connectivity index (χ3v) is 2.23. The van der Waals surface area contributed by atoms with E-state index in [1.165, 1.54) is 0 Å². The molecule has 17 heavy (non-hydrogen) atoms. The molecule has 3 nitrogen and oxygen atoms in total. The maximum atomic E-state index is 12.6. The summed E-state index contributed by atoms with van der Waals surface area (Å²) in [6.07, 6.45) is -4.98. The van der Waals surface area contributed by atoms with Crippen LogP contribution in [0, 0.1) is 5.82 Å². The van der Waals surface area contributed by atoms with Crippen LogP contribution in [0.3, 0.4) is 0 Å².